The number of anilines is 1. The van der Waals surface area contributed by atoms with Crippen molar-refractivity contribution in [3.8, 4) is 17.1 Å². The number of nitrogens with one attached hydrogen (secondary N) is 1. The molecular weight excluding hydrogens is 513 g/mol. The SMILES string of the molecule is C[C@@H](Oc1ccc2[nH]nc(-c3ccc(N4CC(N)(CC5CCCO5)C4)nn3)c2c1)c1c(Cl)cncc1Cl. The zero-order valence-electron chi connectivity index (χ0n) is 20.3. The molecule has 1 unspecified atom stereocenters. The molecule has 3 N–H and O–H groups in total. The first kappa shape index (κ1) is 24.4. The highest BCUT2D eigenvalue weighted by Crippen LogP contribution is 2.35. The average molecular weight is 540 g/mol. The van der Waals surface area contributed by atoms with Crippen LogP contribution in [0.2, 0.25) is 10.0 Å². The van der Waals surface area contributed by atoms with Gasteiger partial charge in [0.25, 0.3) is 0 Å². The number of rotatable bonds is 7. The largest absolute Gasteiger partial charge is 0.486 e. The van der Waals surface area contributed by atoms with Crippen LogP contribution in [0.15, 0.2) is 42.7 Å². The maximum atomic E-state index is 6.57. The van der Waals surface area contributed by atoms with Crippen LogP contribution < -0.4 is 15.4 Å². The molecule has 1 aromatic carbocycles. The summed E-state index contributed by atoms with van der Waals surface area (Å²) < 4.78 is 11.9. The van der Waals surface area contributed by atoms with Gasteiger partial charge in [-0.2, -0.15) is 5.10 Å². The Hall–Kier alpha value is -2.98. The number of ether oxygens (including phenoxy) is 2. The summed E-state index contributed by atoms with van der Waals surface area (Å²) in [7, 11) is 0. The number of H-pyrrole nitrogens is 1. The normalized spacial score (nSPS) is 19.7. The van der Waals surface area contributed by atoms with Gasteiger partial charge in [0.15, 0.2) is 5.82 Å². The zero-order chi connectivity index (χ0) is 25.6. The fourth-order valence-electron chi connectivity index (χ4n) is 5.22. The maximum absolute atomic E-state index is 6.57. The van der Waals surface area contributed by atoms with Crippen LogP contribution in [0.5, 0.6) is 5.75 Å². The Morgan fingerprint density at radius 3 is 2.70 bits per heavy atom. The number of aromatic nitrogens is 5. The minimum Gasteiger partial charge on any atom is -0.486 e. The van der Waals surface area contributed by atoms with Gasteiger partial charge in [-0.1, -0.05) is 23.2 Å². The third kappa shape index (κ3) is 4.84. The van der Waals surface area contributed by atoms with E-state index in [1.165, 1.54) is 0 Å². The molecule has 0 spiro atoms. The van der Waals surface area contributed by atoms with Crippen molar-refractivity contribution in [3.05, 3.63) is 58.3 Å². The summed E-state index contributed by atoms with van der Waals surface area (Å²) in [5.74, 6) is 1.46. The molecular formula is C26H27Cl2N7O2. The van der Waals surface area contributed by atoms with Gasteiger partial charge < -0.3 is 20.1 Å². The van der Waals surface area contributed by atoms with E-state index in [1.54, 1.807) is 12.4 Å². The third-order valence-corrected chi connectivity index (χ3v) is 7.63. The van der Waals surface area contributed by atoms with E-state index in [1.807, 2.05) is 37.3 Å². The topological polar surface area (TPSA) is 115 Å². The monoisotopic (exact) mass is 539 g/mol. The number of pyridine rings is 1. The number of benzene rings is 1. The molecule has 3 aromatic heterocycles. The highest BCUT2D eigenvalue weighted by atomic mass is 35.5. The van der Waals surface area contributed by atoms with Crippen molar-refractivity contribution in [2.24, 2.45) is 5.73 Å². The van der Waals surface area contributed by atoms with Crippen molar-refractivity contribution < 1.29 is 9.47 Å². The number of nitrogens with two attached hydrogens (primary N) is 1. The number of nitrogens with zero attached hydrogens (tertiary/aromatic N) is 5. The first-order valence-electron chi connectivity index (χ1n) is 12.3. The summed E-state index contributed by atoms with van der Waals surface area (Å²) in [5, 5.41) is 18.3. The second-order valence-corrected chi connectivity index (χ2v) is 10.7. The summed E-state index contributed by atoms with van der Waals surface area (Å²) in [6.45, 7) is 4.23. The van der Waals surface area contributed by atoms with E-state index in [2.05, 4.69) is 30.3 Å². The Balaban J connectivity index is 1.17. The summed E-state index contributed by atoms with van der Waals surface area (Å²) in [6.07, 6.45) is 6.13. The molecule has 0 amide bonds. The van der Waals surface area contributed by atoms with Crippen LogP contribution in [-0.2, 0) is 4.74 Å². The number of fused-ring (bicyclic) bond motifs is 1. The van der Waals surface area contributed by atoms with Crippen LogP contribution in [0.25, 0.3) is 22.3 Å². The lowest BCUT2D eigenvalue weighted by Gasteiger charge is -2.49. The van der Waals surface area contributed by atoms with Crippen molar-refractivity contribution in [2.75, 3.05) is 24.6 Å². The Kier molecular flexibility index (Phi) is 6.40. The molecule has 0 bridgehead atoms. The molecule has 6 rings (SSSR count). The Bertz CT molecular complexity index is 1400. The summed E-state index contributed by atoms with van der Waals surface area (Å²) >= 11 is 12.6. The van der Waals surface area contributed by atoms with Crippen LogP contribution in [0.1, 0.15) is 37.9 Å². The predicted molar refractivity (Wildman–Crippen MR) is 143 cm³/mol. The molecule has 2 aliphatic rings. The molecule has 2 aliphatic heterocycles. The second-order valence-electron chi connectivity index (χ2n) is 9.89. The molecule has 4 aromatic rings. The summed E-state index contributed by atoms with van der Waals surface area (Å²) in [5.41, 5.74) is 9.26. The first-order chi connectivity index (χ1) is 17.9. The van der Waals surface area contributed by atoms with Crippen LogP contribution in [-0.4, -0.2) is 56.7 Å². The van der Waals surface area contributed by atoms with Gasteiger partial charge in [0.1, 0.15) is 23.2 Å². The molecule has 9 nitrogen and oxygen atoms in total. The van der Waals surface area contributed by atoms with Gasteiger partial charge in [-0.05, 0) is 56.5 Å². The van der Waals surface area contributed by atoms with Gasteiger partial charge in [-0.3, -0.25) is 10.1 Å². The first-order valence-corrected chi connectivity index (χ1v) is 13.1. The van der Waals surface area contributed by atoms with Gasteiger partial charge in [-0.25, -0.2) is 0 Å². The molecule has 5 heterocycles. The van der Waals surface area contributed by atoms with Crippen LogP contribution in [0, 0.1) is 0 Å². The smallest absolute Gasteiger partial charge is 0.151 e. The molecule has 0 radical (unpaired) electrons. The van der Waals surface area contributed by atoms with Gasteiger partial charge in [0.05, 0.1) is 27.2 Å². The van der Waals surface area contributed by atoms with E-state index in [-0.39, 0.29) is 17.7 Å². The summed E-state index contributed by atoms with van der Waals surface area (Å²) in [6, 6.07) is 9.61. The fourth-order valence-corrected chi connectivity index (χ4v) is 5.89. The van der Waals surface area contributed by atoms with Gasteiger partial charge in [0, 0.05) is 43.0 Å². The molecule has 0 aliphatic carbocycles. The Labute approximate surface area is 224 Å². The third-order valence-electron chi connectivity index (χ3n) is 7.03. The molecule has 0 saturated carbocycles. The van der Waals surface area contributed by atoms with Crippen LogP contribution in [0.4, 0.5) is 5.82 Å². The highest BCUT2D eigenvalue weighted by molar-refractivity contribution is 6.35. The van der Waals surface area contributed by atoms with Crippen molar-refractivity contribution in [3.63, 3.8) is 0 Å². The maximum Gasteiger partial charge on any atom is 0.151 e. The van der Waals surface area contributed by atoms with E-state index in [0.717, 1.165) is 55.7 Å². The highest BCUT2D eigenvalue weighted by Gasteiger charge is 2.42. The lowest BCUT2D eigenvalue weighted by atomic mass is 9.84. The fraction of sp³-hybridized carbons (Fsp3) is 0.385. The molecule has 2 saturated heterocycles. The van der Waals surface area contributed by atoms with Crippen molar-refractivity contribution in [2.45, 2.75) is 43.9 Å². The lowest BCUT2D eigenvalue weighted by Crippen LogP contribution is -2.68. The van der Waals surface area contributed by atoms with E-state index < -0.39 is 0 Å². The average Bonchev–Trinajstić information content (AvgIpc) is 3.52. The molecule has 2 atom stereocenters. The van der Waals surface area contributed by atoms with E-state index in [4.69, 9.17) is 38.4 Å². The number of hydrogen-bond donors (Lipinski definition) is 2. The van der Waals surface area contributed by atoms with Crippen molar-refractivity contribution in [1.82, 2.24) is 25.4 Å². The molecule has 11 heteroatoms. The summed E-state index contributed by atoms with van der Waals surface area (Å²) in [4.78, 5) is 6.16. The standard InChI is InChI=1S/C26H27Cl2N7O2/c1-15(24-19(27)11-30-12-20(24)28)37-16-4-5-21-18(9-16)25(34-31-21)22-6-7-23(33-32-22)35-13-26(29,14-35)10-17-3-2-8-36-17/h4-7,9,11-12,15,17H,2-3,8,10,13-14,29H2,1H3,(H,31,34)/t15-,17?/m1/s1. The van der Waals surface area contributed by atoms with Gasteiger partial charge >= 0.3 is 0 Å². The number of hydrogen-bond acceptors (Lipinski definition) is 8. The molecule has 37 heavy (non-hydrogen) atoms. The number of aromatic amines is 1. The van der Waals surface area contributed by atoms with E-state index in [9.17, 15) is 0 Å². The minimum atomic E-state index is -0.374. The zero-order valence-corrected chi connectivity index (χ0v) is 21.8. The van der Waals surface area contributed by atoms with E-state index >= 15 is 0 Å². The van der Waals surface area contributed by atoms with Gasteiger partial charge in [-0.15, -0.1) is 10.2 Å². The predicted octanol–water partition coefficient (Wildman–Crippen LogP) is 4.95. The lowest BCUT2D eigenvalue weighted by molar-refractivity contribution is 0.0764. The Morgan fingerprint density at radius 1 is 1.19 bits per heavy atom. The number of halogens is 2. The molecule has 192 valence electrons. The second kappa shape index (κ2) is 9.72. The van der Waals surface area contributed by atoms with E-state index in [0.29, 0.717) is 32.7 Å². The van der Waals surface area contributed by atoms with Crippen LogP contribution >= 0.6 is 23.2 Å². The van der Waals surface area contributed by atoms with Crippen molar-refractivity contribution >= 4 is 39.9 Å². The van der Waals surface area contributed by atoms with Crippen LogP contribution in [0.3, 0.4) is 0 Å². The molecule has 2 fully saturated rings. The van der Waals surface area contributed by atoms with Gasteiger partial charge in [0.2, 0.25) is 0 Å². The minimum absolute atomic E-state index is 0.230. The Morgan fingerprint density at radius 2 is 2.00 bits per heavy atom. The quantitative estimate of drug-likeness (QED) is 0.339. The van der Waals surface area contributed by atoms with Crippen molar-refractivity contribution in [1.29, 1.82) is 0 Å².